The third-order valence-corrected chi connectivity index (χ3v) is 4.44. The van der Waals surface area contributed by atoms with Crippen LogP contribution < -0.4 is 10.1 Å². The van der Waals surface area contributed by atoms with Gasteiger partial charge in [-0.05, 0) is 42.5 Å². The highest BCUT2D eigenvalue weighted by atomic mass is 79.9. The molecule has 2 nitrogen and oxygen atoms in total. The average Bonchev–Trinajstić information content (AvgIpc) is 2.74. The van der Waals surface area contributed by atoms with Crippen LogP contribution in [0.15, 0.2) is 22.7 Å². The van der Waals surface area contributed by atoms with Crippen LogP contribution in [-0.4, -0.2) is 13.2 Å². The van der Waals surface area contributed by atoms with Crippen molar-refractivity contribution in [1.82, 2.24) is 5.32 Å². The van der Waals surface area contributed by atoms with Gasteiger partial charge < -0.3 is 10.1 Å². The third-order valence-electron chi connectivity index (χ3n) is 3.67. The van der Waals surface area contributed by atoms with Gasteiger partial charge >= 0.3 is 0 Å². The predicted octanol–water partition coefficient (Wildman–Crippen LogP) is 3.74. The summed E-state index contributed by atoms with van der Waals surface area (Å²) >= 11 is 3.59. The lowest BCUT2D eigenvalue weighted by molar-refractivity contribution is 0.410. The number of rotatable bonds is 4. The molecule has 1 aliphatic rings. The number of halogens is 1. The molecule has 1 N–H and O–H groups in total. The van der Waals surface area contributed by atoms with Gasteiger partial charge in [-0.1, -0.05) is 29.3 Å². The van der Waals surface area contributed by atoms with Crippen molar-refractivity contribution in [2.24, 2.45) is 5.92 Å². The second kappa shape index (κ2) is 5.87. The first-order valence-electron chi connectivity index (χ1n) is 6.26. The van der Waals surface area contributed by atoms with Gasteiger partial charge in [0.05, 0.1) is 7.11 Å². The van der Waals surface area contributed by atoms with Gasteiger partial charge in [-0.25, -0.2) is 0 Å². The minimum absolute atomic E-state index is 0.674. The molecular weight excluding hydrogens is 278 g/mol. The van der Waals surface area contributed by atoms with Gasteiger partial charge in [-0.2, -0.15) is 0 Å². The third kappa shape index (κ3) is 3.23. The minimum Gasteiger partial charge on any atom is -0.497 e. The monoisotopic (exact) mass is 297 g/mol. The highest BCUT2D eigenvalue weighted by Crippen LogP contribution is 2.27. The Hall–Kier alpha value is -0.540. The Labute approximate surface area is 112 Å². The van der Waals surface area contributed by atoms with Crippen LogP contribution in [-0.2, 0) is 6.54 Å². The van der Waals surface area contributed by atoms with Crippen LogP contribution in [0.3, 0.4) is 0 Å². The van der Waals surface area contributed by atoms with E-state index in [0.29, 0.717) is 6.04 Å². The summed E-state index contributed by atoms with van der Waals surface area (Å²) in [5, 5.41) is 3.65. The summed E-state index contributed by atoms with van der Waals surface area (Å²) in [6.07, 6.45) is 4.03. The number of hydrogen-bond acceptors (Lipinski definition) is 2. The molecular formula is C14H20BrNO. The van der Waals surface area contributed by atoms with Gasteiger partial charge in [0, 0.05) is 17.1 Å². The quantitative estimate of drug-likeness (QED) is 0.914. The molecule has 1 aliphatic carbocycles. The van der Waals surface area contributed by atoms with E-state index in [-0.39, 0.29) is 0 Å². The Bertz CT molecular complexity index is 380. The van der Waals surface area contributed by atoms with Gasteiger partial charge in [-0.15, -0.1) is 0 Å². The van der Waals surface area contributed by atoms with E-state index >= 15 is 0 Å². The van der Waals surface area contributed by atoms with E-state index in [2.05, 4.69) is 34.2 Å². The summed E-state index contributed by atoms with van der Waals surface area (Å²) in [6, 6.07) is 6.80. The first-order chi connectivity index (χ1) is 8.20. The van der Waals surface area contributed by atoms with Gasteiger partial charge in [0.1, 0.15) is 5.75 Å². The predicted molar refractivity (Wildman–Crippen MR) is 74.3 cm³/mol. The average molecular weight is 298 g/mol. The molecule has 0 heterocycles. The normalized spacial score (nSPS) is 23.9. The summed E-state index contributed by atoms with van der Waals surface area (Å²) in [7, 11) is 1.71. The summed E-state index contributed by atoms with van der Waals surface area (Å²) in [6.45, 7) is 3.25. The molecule has 1 saturated carbocycles. The van der Waals surface area contributed by atoms with Crippen molar-refractivity contribution >= 4 is 15.9 Å². The molecule has 17 heavy (non-hydrogen) atoms. The number of ether oxygens (including phenoxy) is 1. The largest absolute Gasteiger partial charge is 0.497 e. The zero-order valence-electron chi connectivity index (χ0n) is 10.5. The van der Waals surface area contributed by atoms with Crippen LogP contribution in [0.4, 0.5) is 0 Å². The fraction of sp³-hybridized carbons (Fsp3) is 0.571. The summed E-state index contributed by atoms with van der Waals surface area (Å²) in [4.78, 5) is 0. The lowest BCUT2D eigenvalue weighted by Crippen LogP contribution is -2.30. The van der Waals surface area contributed by atoms with Crippen LogP contribution in [0.2, 0.25) is 0 Å². The maximum atomic E-state index is 5.25. The Balaban J connectivity index is 1.98. The van der Waals surface area contributed by atoms with Gasteiger partial charge in [0.15, 0.2) is 0 Å². The van der Waals surface area contributed by atoms with E-state index < -0.39 is 0 Å². The van der Waals surface area contributed by atoms with Crippen molar-refractivity contribution in [2.75, 3.05) is 7.11 Å². The first-order valence-corrected chi connectivity index (χ1v) is 7.06. The van der Waals surface area contributed by atoms with E-state index in [4.69, 9.17) is 4.74 Å². The molecule has 0 aromatic heterocycles. The Morgan fingerprint density at radius 3 is 2.88 bits per heavy atom. The number of benzene rings is 1. The summed E-state index contributed by atoms with van der Waals surface area (Å²) < 4.78 is 6.40. The standard InChI is InChI=1S/C14H20BrNO/c1-10-4-3-5-14(10)16-9-11-8-12(17-2)6-7-13(11)15/h6-8,10,14,16H,3-5,9H2,1-2H3. The zero-order chi connectivity index (χ0) is 12.3. The highest BCUT2D eigenvalue weighted by molar-refractivity contribution is 9.10. The van der Waals surface area contributed by atoms with E-state index in [1.54, 1.807) is 7.11 Å². The van der Waals surface area contributed by atoms with Crippen molar-refractivity contribution in [3.63, 3.8) is 0 Å². The van der Waals surface area contributed by atoms with Crippen molar-refractivity contribution < 1.29 is 4.74 Å². The molecule has 1 aromatic rings. The lowest BCUT2D eigenvalue weighted by atomic mass is 10.1. The van der Waals surface area contributed by atoms with Crippen LogP contribution in [0.1, 0.15) is 31.7 Å². The molecule has 2 rings (SSSR count). The van der Waals surface area contributed by atoms with Gasteiger partial charge in [0.2, 0.25) is 0 Å². The molecule has 94 valence electrons. The maximum Gasteiger partial charge on any atom is 0.119 e. The molecule has 2 atom stereocenters. The molecule has 0 bridgehead atoms. The van der Waals surface area contributed by atoms with Gasteiger partial charge in [-0.3, -0.25) is 0 Å². The van der Waals surface area contributed by atoms with Crippen LogP contribution >= 0.6 is 15.9 Å². The van der Waals surface area contributed by atoms with E-state index in [1.165, 1.54) is 24.8 Å². The molecule has 2 unspecified atom stereocenters. The van der Waals surface area contributed by atoms with Crippen LogP contribution in [0.5, 0.6) is 5.75 Å². The fourth-order valence-corrected chi connectivity index (χ4v) is 2.89. The zero-order valence-corrected chi connectivity index (χ0v) is 12.1. The maximum absolute atomic E-state index is 5.25. The van der Waals surface area contributed by atoms with Crippen molar-refractivity contribution in [3.8, 4) is 5.75 Å². The Morgan fingerprint density at radius 1 is 1.41 bits per heavy atom. The Morgan fingerprint density at radius 2 is 2.24 bits per heavy atom. The molecule has 0 aliphatic heterocycles. The van der Waals surface area contributed by atoms with E-state index in [0.717, 1.165) is 22.7 Å². The molecule has 0 amide bonds. The fourth-order valence-electron chi connectivity index (χ4n) is 2.50. The topological polar surface area (TPSA) is 21.3 Å². The second-order valence-corrected chi connectivity index (χ2v) is 5.71. The molecule has 3 heteroatoms. The number of hydrogen-bond donors (Lipinski definition) is 1. The number of methoxy groups -OCH3 is 1. The smallest absolute Gasteiger partial charge is 0.119 e. The molecule has 0 radical (unpaired) electrons. The SMILES string of the molecule is COc1ccc(Br)c(CNC2CCCC2C)c1. The molecule has 1 aromatic carbocycles. The molecule has 1 fully saturated rings. The van der Waals surface area contributed by atoms with E-state index in [9.17, 15) is 0 Å². The minimum atomic E-state index is 0.674. The van der Waals surface area contributed by atoms with Gasteiger partial charge in [0.25, 0.3) is 0 Å². The highest BCUT2D eigenvalue weighted by Gasteiger charge is 2.22. The van der Waals surface area contributed by atoms with Crippen LogP contribution in [0, 0.1) is 5.92 Å². The summed E-state index contributed by atoms with van der Waals surface area (Å²) in [5.41, 5.74) is 1.27. The van der Waals surface area contributed by atoms with Crippen molar-refractivity contribution in [3.05, 3.63) is 28.2 Å². The lowest BCUT2D eigenvalue weighted by Gasteiger charge is -2.18. The molecule has 0 saturated heterocycles. The summed E-state index contributed by atoms with van der Waals surface area (Å²) in [5.74, 6) is 1.73. The first kappa shape index (κ1) is 12.9. The Kier molecular flexibility index (Phi) is 4.46. The van der Waals surface area contributed by atoms with E-state index in [1.807, 2.05) is 12.1 Å². The molecule has 0 spiro atoms. The number of nitrogens with one attached hydrogen (secondary N) is 1. The van der Waals surface area contributed by atoms with Crippen molar-refractivity contribution in [2.45, 2.75) is 38.8 Å². The van der Waals surface area contributed by atoms with Crippen molar-refractivity contribution in [1.29, 1.82) is 0 Å². The van der Waals surface area contributed by atoms with Crippen LogP contribution in [0.25, 0.3) is 0 Å². The second-order valence-electron chi connectivity index (χ2n) is 4.85.